The maximum absolute atomic E-state index is 11.3. The maximum atomic E-state index is 11.3. The molecule has 1 rings (SSSR count). The summed E-state index contributed by atoms with van der Waals surface area (Å²) in [4.78, 5) is 1.34. The van der Waals surface area contributed by atoms with Gasteiger partial charge in [0.25, 0.3) is 0 Å². The third-order valence-electron chi connectivity index (χ3n) is 2.10. The van der Waals surface area contributed by atoms with E-state index in [1.54, 1.807) is 43.1 Å². The molecule has 0 amide bonds. The molecule has 6 heteroatoms. The maximum Gasteiger partial charge on any atom is 0.175 e. The molecule has 0 radical (unpaired) electrons. The van der Waals surface area contributed by atoms with Gasteiger partial charge in [-0.3, -0.25) is 0 Å². The lowest BCUT2D eigenvalue weighted by Crippen LogP contribution is -2.28. The number of benzene rings is 1. The normalized spacial score (nSPS) is 13.6. The summed E-state index contributed by atoms with van der Waals surface area (Å²) in [5.74, 6) is 0.742. The molecule has 2 N–H and O–H groups in total. The van der Waals surface area contributed by atoms with Crippen LogP contribution in [0.5, 0.6) is 0 Å². The van der Waals surface area contributed by atoms with E-state index < -0.39 is 9.84 Å². The zero-order valence-corrected chi connectivity index (χ0v) is 11.6. The van der Waals surface area contributed by atoms with Gasteiger partial charge in [-0.25, -0.2) is 8.42 Å². The first-order valence-corrected chi connectivity index (χ1v) is 7.98. The smallest absolute Gasteiger partial charge is 0.175 e. The van der Waals surface area contributed by atoms with E-state index in [0.717, 1.165) is 10.6 Å². The summed E-state index contributed by atoms with van der Waals surface area (Å²) in [6, 6.07) is 6.79. The Morgan fingerprint density at radius 3 is 2.41 bits per heavy atom. The number of rotatable bonds is 6. The van der Waals surface area contributed by atoms with Crippen LogP contribution in [-0.4, -0.2) is 40.2 Å². The molecule has 0 aliphatic rings. The van der Waals surface area contributed by atoms with E-state index >= 15 is 0 Å². The first-order chi connectivity index (χ1) is 7.93. The topological polar surface area (TPSA) is 69.4 Å². The molecular weight excluding hydrogens is 258 g/mol. The van der Waals surface area contributed by atoms with Gasteiger partial charge in [0.05, 0.1) is 11.5 Å². The van der Waals surface area contributed by atoms with Crippen LogP contribution in [0.4, 0.5) is 0 Å². The fraction of sp³-hybridized carbons (Fsp3) is 0.455. The number of ether oxygens (including phenoxy) is 1. The monoisotopic (exact) mass is 275 g/mol. The van der Waals surface area contributed by atoms with Crippen molar-refractivity contribution in [3.8, 4) is 0 Å². The van der Waals surface area contributed by atoms with Crippen molar-refractivity contribution in [2.24, 2.45) is 5.73 Å². The fourth-order valence-electron chi connectivity index (χ4n) is 1.25. The quantitative estimate of drug-likeness (QED) is 0.789. The van der Waals surface area contributed by atoms with Crippen molar-refractivity contribution in [3.05, 3.63) is 24.3 Å². The molecule has 1 aromatic carbocycles. The highest BCUT2D eigenvalue weighted by Gasteiger charge is 2.07. The Balaban J connectivity index is 2.57. The minimum atomic E-state index is -3.11. The average molecular weight is 275 g/mol. The lowest BCUT2D eigenvalue weighted by Gasteiger charge is -2.09. The molecule has 1 atom stereocenters. The van der Waals surface area contributed by atoms with Crippen molar-refractivity contribution in [1.82, 2.24) is 0 Å². The Labute approximate surface area is 106 Å². The molecule has 0 fully saturated rings. The molecule has 0 saturated heterocycles. The van der Waals surface area contributed by atoms with E-state index in [2.05, 4.69) is 0 Å². The van der Waals surface area contributed by atoms with Gasteiger partial charge in [0.1, 0.15) is 0 Å². The highest BCUT2D eigenvalue weighted by Crippen LogP contribution is 2.20. The van der Waals surface area contributed by atoms with Gasteiger partial charge in [0, 0.05) is 30.1 Å². The number of nitrogens with two attached hydrogens (primary N) is 1. The van der Waals surface area contributed by atoms with E-state index in [1.807, 2.05) is 0 Å². The van der Waals surface area contributed by atoms with Gasteiger partial charge in [-0.15, -0.1) is 11.8 Å². The van der Waals surface area contributed by atoms with Crippen molar-refractivity contribution >= 4 is 21.6 Å². The van der Waals surface area contributed by atoms with Crippen LogP contribution in [0.15, 0.2) is 34.1 Å². The molecule has 96 valence electrons. The van der Waals surface area contributed by atoms with E-state index in [1.165, 1.54) is 6.26 Å². The van der Waals surface area contributed by atoms with E-state index in [4.69, 9.17) is 10.5 Å². The zero-order valence-electron chi connectivity index (χ0n) is 9.92. The van der Waals surface area contributed by atoms with Crippen molar-refractivity contribution in [2.45, 2.75) is 15.8 Å². The second kappa shape index (κ2) is 6.39. The third-order valence-corrected chi connectivity index (χ3v) is 4.43. The molecule has 0 aromatic heterocycles. The summed E-state index contributed by atoms with van der Waals surface area (Å²) in [6.45, 7) is 0.522. The Hall–Kier alpha value is -0.560. The predicted molar refractivity (Wildman–Crippen MR) is 70.1 cm³/mol. The minimum Gasteiger partial charge on any atom is -0.383 e. The van der Waals surface area contributed by atoms with Crippen molar-refractivity contribution in [1.29, 1.82) is 0 Å². The molecular formula is C11H17NO3S2. The van der Waals surface area contributed by atoms with Crippen LogP contribution in [0.3, 0.4) is 0 Å². The largest absolute Gasteiger partial charge is 0.383 e. The highest BCUT2D eigenvalue weighted by molar-refractivity contribution is 7.99. The summed E-state index contributed by atoms with van der Waals surface area (Å²) in [6.07, 6.45) is 1.20. The second-order valence-electron chi connectivity index (χ2n) is 3.77. The van der Waals surface area contributed by atoms with Gasteiger partial charge < -0.3 is 10.5 Å². The lowest BCUT2D eigenvalue weighted by molar-refractivity contribution is 0.186. The molecule has 4 nitrogen and oxygen atoms in total. The van der Waals surface area contributed by atoms with E-state index in [-0.39, 0.29) is 6.04 Å². The summed E-state index contributed by atoms with van der Waals surface area (Å²) in [5, 5.41) is 0. The van der Waals surface area contributed by atoms with Gasteiger partial charge in [0.2, 0.25) is 0 Å². The second-order valence-corrected chi connectivity index (χ2v) is 6.88. The van der Waals surface area contributed by atoms with E-state index in [9.17, 15) is 8.42 Å². The van der Waals surface area contributed by atoms with Gasteiger partial charge in [0.15, 0.2) is 9.84 Å². The highest BCUT2D eigenvalue weighted by atomic mass is 32.2. The first kappa shape index (κ1) is 14.5. The van der Waals surface area contributed by atoms with Crippen LogP contribution >= 0.6 is 11.8 Å². The van der Waals surface area contributed by atoms with Crippen LogP contribution < -0.4 is 5.73 Å². The van der Waals surface area contributed by atoms with Gasteiger partial charge in [-0.2, -0.15) is 0 Å². The van der Waals surface area contributed by atoms with Crippen molar-refractivity contribution < 1.29 is 13.2 Å². The number of hydrogen-bond acceptors (Lipinski definition) is 5. The molecule has 1 aromatic rings. The van der Waals surface area contributed by atoms with Gasteiger partial charge in [-0.05, 0) is 24.3 Å². The van der Waals surface area contributed by atoms with Gasteiger partial charge in [-0.1, -0.05) is 0 Å². The van der Waals surface area contributed by atoms with Crippen LogP contribution in [0.1, 0.15) is 0 Å². The average Bonchev–Trinajstić information content (AvgIpc) is 2.26. The molecule has 1 unspecified atom stereocenters. The summed E-state index contributed by atoms with van der Waals surface area (Å²) < 4.78 is 27.4. The Morgan fingerprint density at radius 1 is 1.35 bits per heavy atom. The third kappa shape index (κ3) is 5.08. The first-order valence-electron chi connectivity index (χ1n) is 5.11. The molecule has 0 spiro atoms. The number of sulfone groups is 1. The number of thioether (sulfide) groups is 1. The number of methoxy groups -OCH3 is 1. The minimum absolute atomic E-state index is 0.0143. The van der Waals surface area contributed by atoms with Crippen LogP contribution in [0.25, 0.3) is 0 Å². The molecule has 0 heterocycles. The Kier molecular flexibility index (Phi) is 5.45. The number of hydrogen-bond donors (Lipinski definition) is 1. The Morgan fingerprint density at radius 2 is 1.94 bits per heavy atom. The fourth-order valence-corrected chi connectivity index (χ4v) is 2.71. The summed E-state index contributed by atoms with van der Waals surface area (Å²) in [5.41, 5.74) is 5.79. The molecule has 0 bridgehead atoms. The Bertz CT molecular complexity index is 442. The molecule has 17 heavy (non-hydrogen) atoms. The van der Waals surface area contributed by atoms with Crippen LogP contribution in [0, 0.1) is 0 Å². The predicted octanol–water partition coefficient (Wildman–Crippen LogP) is 1.16. The van der Waals surface area contributed by atoms with Gasteiger partial charge >= 0.3 is 0 Å². The lowest BCUT2D eigenvalue weighted by atomic mass is 10.4. The van der Waals surface area contributed by atoms with Crippen LogP contribution in [-0.2, 0) is 14.6 Å². The zero-order chi connectivity index (χ0) is 12.9. The summed E-state index contributed by atoms with van der Waals surface area (Å²) in [7, 11) is -1.50. The standard InChI is InChI=1S/C11H17NO3S2/c1-15-7-9(12)8-16-10-3-5-11(6-4-10)17(2,13)14/h3-6,9H,7-8,12H2,1-2H3. The van der Waals surface area contributed by atoms with Crippen molar-refractivity contribution in [2.75, 3.05) is 25.7 Å². The SMILES string of the molecule is COCC(N)CSc1ccc(S(C)(=O)=O)cc1. The molecule has 0 aliphatic heterocycles. The van der Waals surface area contributed by atoms with Crippen LogP contribution in [0.2, 0.25) is 0 Å². The van der Waals surface area contributed by atoms with E-state index in [0.29, 0.717) is 11.5 Å². The molecule has 0 saturated carbocycles. The molecule has 0 aliphatic carbocycles. The van der Waals surface area contributed by atoms with Crippen molar-refractivity contribution in [3.63, 3.8) is 0 Å². The summed E-state index contributed by atoms with van der Waals surface area (Å²) >= 11 is 1.59.